The minimum atomic E-state index is -0.186. The molecule has 0 bridgehead atoms. The fraction of sp³-hybridized carbons (Fsp3) is 0.188. The zero-order valence-electron chi connectivity index (χ0n) is 11.1. The first-order chi connectivity index (χ1) is 9.79. The lowest BCUT2D eigenvalue weighted by atomic mass is 10.1. The molecular weight excluding hydrogens is 254 g/mol. The molecule has 0 heterocycles. The van der Waals surface area contributed by atoms with Gasteiger partial charge < -0.3 is 15.2 Å². The van der Waals surface area contributed by atoms with Gasteiger partial charge >= 0.3 is 0 Å². The summed E-state index contributed by atoms with van der Waals surface area (Å²) >= 11 is 0. The highest BCUT2D eigenvalue weighted by Gasteiger charge is 2.04. The van der Waals surface area contributed by atoms with Crippen LogP contribution in [0.2, 0.25) is 0 Å². The molecule has 0 radical (unpaired) electrons. The summed E-state index contributed by atoms with van der Waals surface area (Å²) in [7, 11) is 0. The molecule has 0 aliphatic carbocycles. The molecule has 0 aromatic heterocycles. The van der Waals surface area contributed by atoms with Gasteiger partial charge in [0.05, 0.1) is 6.61 Å². The Morgan fingerprint density at radius 2 is 1.75 bits per heavy atom. The van der Waals surface area contributed by atoms with Gasteiger partial charge in [0.25, 0.3) is 5.91 Å². The molecule has 4 heteroatoms. The Labute approximate surface area is 118 Å². The molecule has 20 heavy (non-hydrogen) atoms. The third kappa shape index (κ3) is 4.10. The van der Waals surface area contributed by atoms with Crippen LogP contribution in [0.1, 0.15) is 15.9 Å². The Balaban J connectivity index is 1.90. The number of carbonyl (C=O) groups is 1. The van der Waals surface area contributed by atoms with Crippen molar-refractivity contribution in [1.82, 2.24) is 5.32 Å². The highest BCUT2D eigenvalue weighted by Crippen LogP contribution is 2.12. The molecule has 0 atom stereocenters. The molecule has 0 spiro atoms. The van der Waals surface area contributed by atoms with Crippen molar-refractivity contribution in [3.05, 3.63) is 65.7 Å². The van der Waals surface area contributed by atoms with E-state index in [2.05, 4.69) is 5.32 Å². The maximum Gasteiger partial charge on any atom is 0.251 e. The van der Waals surface area contributed by atoms with E-state index >= 15 is 0 Å². The van der Waals surface area contributed by atoms with Crippen LogP contribution in [0.25, 0.3) is 0 Å². The zero-order chi connectivity index (χ0) is 14.2. The summed E-state index contributed by atoms with van der Waals surface area (Å²) in [4.78, 5) is 11.6. The van der Waals surface area contributed by atoms with E-state index in [0.717, 1.165) is 11.3 Å². The van der Waals surface area contributed by atoms with E-state index in [9.17, 15) is 4.79 Å². The summed E-state index contributed by atoms with van der Waals surface area (Å²) < 4.78 is 5.62. The van der Waals surface area contributed by atoms with Crippen LogP contribution in [0.3, 0.4) is 0 Å². The van der Waals surface area contributed by atoms with Gasteiger partial charge in [-0.1, -0.05) is 30.3 Å². The minimum absolute atomic E-state index is 0.0608. The smallest absolute Gasteiger partial charge is 0.251 e. The van der Waals surface area contributed by atoms with Gasteiger partial charge in [0, 0.05) is 12.1 Å². The Morgan fingerprint density at radius 1 is 1.05 bits per heavy atom. The number of aliphatic hydroxyl groups excluding tert-OH is 1. The van der Waals surface area contributed by atoms with Crippen LogP contribution in [-0.2, 0) is 6.61 Å². The number of para-hydroxylation sites is 1. The van der Waals surface area contributed by atoms with Gasteiger partial charge in [-0.2, -0.15) is 0 Å². The van der Waals surface area contributed by atoms with Gasteiger partial charge in [0.15, 0.2) is 0 Å². The number of aliphatic hydroxyl groups is 1. The summed E-state index contributed by atoms with van der Waals surface area (Å²) in [5, 5.41) is 11.3. The minimum Gasteiger partial charge on any atom is -0.489 e. The van der Waals surface area contributed by atoms with Crippen molar-refractivity contribution in [2.24, 2.45) is 0 Å². The van der Waals surface area contributed by atoms with Gasteiger partial charge in [-0.15, -0.1) is 0 Å². The Morgan fingerprint density at radius 3 is 2.40 bits per heavy atom. The molecule has 0 unspecified atom stereocenters. The number of amides is 1. The zero-order valence-corrected chi connectivity index (χ0v) is 11.1. The van der Waals surface area contributed by atoms with Gasteiger partial charge in [-0.25, -0.2) is 0 Å². The lowest BCUT2D eigenvalue weighted by Crippen LogP contribution is -2.26. The third-order valence-corrected chi connectivity index (χ3v) is 2.76. The quantitative estimate of drug-likeness (QED) is 0.844. The van der Waals surface area contributed by atoms with E-state index < -0.39 is 0 Å². The van der Waals surface area contributed by atoms with Crippen molar-refractivity contribution in [1.29, 1.82) is 0 Å². The topological polar surface area (TPSA) is 58.6 Å². The first-order valence-corrected chi connectivity index (χ1v) is 6.45. The molecule has 2 rings (SSSR count). The Hall–Kier alpha value is -2.33. The molecule has 104 valence electrons. The number of hydrogen-bond acceptors (Lipinski definition) is 3. The summed E-state index contributed by atoms with van der Waals surface area (Å²) in [5.74, 6) is 0.631. The normalized spacial score (nSPS) is 10.1. The standard InChI is InChI=1S/C16H17NO3/c18-11-10-17-16(19)14-8-6-13(7-9-14)12-20-15-4-2-1-3-5-15/h1-9,18H,10-12H2,(H,17,19). The van der Waals surface area contributed by atoms with Crippen molar-refractivity contribution in [2.45, 2.75) is 6.61 Å². The second kappa shape index (κ2) is 7.31. The van der Waals surface area contributed by atoms with Crippen molar-refractivity contribution >= 4 is 5.91 Å². The van der Waals surface area contributed by atoms with Gasteiger partial charge in [-0.05, 0) is 29.8 Å². The lowest BCUT2D eigenvalue weighted by Gasteiger charge is -2.07. The number of carbonyl (C=O) groups excluding carboxylic acids is 1. The Bertz CT molecular complexity index is 537. The molecule has 2 N–H and O–H groups in total. The summed E-state index contributed by atoms with van der Waals surface area (Å²) in [6.45, 7) is 0.662. The highest BCUT2D eigenvalue weighted by molar-refractivity contribution is 5.94. The number of ether oxygens (including phenoxy) is 1. The molecule has 0 saturated heterocycles. The fourth-order valence-electron chi connectivity index (χ4n) is 1.71. The molecule has 0 aliphatic rings. The number of rotatable bonds is 6. The number of nitrogens with one attached hydrogen (secondary N) is 1. The van der Waals surface area contributed by atoms with Gasteiger partial charge in [0.2, 0.25) is 0 Å². The lowest BCUT2D eigenvalue weighted by molar-refractivity contribution is 0.0944. The summed E-state index contributed by atoms with van der Waals surface area (Å²) in [6, 6.07) is 16.8. The number of benzene rings is 2. The van der Waals surface area contributed by atoms with Crippen LogP contribution in [0, 0.1) is 0 Å². The van der Waals surface area contributed by atoms with Gasteiger partial charge in [0.1, 0.15) is 12.4 Å². The SMILES string of the molecule is O=C(NCCO)c1ccc(COc2ccccc2)cc1. The number of hydrogen-bond donors (Lipinski definition) is 2. The van der Waals surface area contributed by atoms with E-state index in [1.165, 1.54) is 0 Å². The average Bonchev–Trinajstić information content (AvgIpc) is 2.52. The predicted molar refractivity (Wildman–Crippen MR) is 76.6 cm³/mol. The molecule has 2 aromatic carbocycles. The van der Waals surface area contributed by atoms with E-state index in [-0.39, 0.29) is 19.1 Å². The molecular formula is C16H17NO3. The van der Waals surface area contributed by atoms with E-state index in [0.29, 0.717) is 12.2 Å². The van der Waals surface area contributed by atoms with Crippen molar-refractivity contribution in [3.8, 4) is 5.75 Å². The first kappa shape index (κ1) is 14.1. The molecule has 0 aliphatic heterocycles. The summed E-state index contributed by atoms with van der Waals surface area (Å²) in [6.07, 6.45) is 0. The van der Waals surface area contributed by atoms with Crippen molar-refractivity contribution in [3.63, 3.8) is 0 Å². The predicted octanol–water partition coefficient (Wildman–Crippen LogP) is 1.99. The van der Waals surface area contributed by atoms with E-state index in [1.54, 1.807) is 12.1 Å². The molecule has 2 aromatic rings. The van der Waals surface area contributed by atoms with Crippen LogP contribution in [0.4, 0.5) is 0 Å². The van der Waals surface area contributed by atoms with Crippen LogP contribution in [-0.4, -0.2) is 24.2 Å². The Kier molecular flexibility index (Phi) is 5.15. The molecule has 4 nitrogen and oxygen atoms in total. The van der Waals surface area contributed by atoms with Crippen LogP contribution < -0.4 is 10.1 Å². The van der Waals surface area contributed by atoms with Crippen LogP contribution >= 0.6 is 0 Å². The van der Waals surface area contributed by atoms with Crippen LogP contribution in [0.5, 0.6) is 5.75 Å². The first-order valence-electron chi connectivity index (χ1n) is 6.45. The summed E-state index contributed by atoms with van der Waals surface area (Å²) in [5.41, 5.74) is 1.56. The second-order valence-electron chi connectivity index (χ2n) is 4.28. The fourth-order valence-corrected chi connectivity index (χ4v) is 1.71. The maximum atomic E-state index is 11.6. The monoisotopic (exact) mass is 271 g/mol. The van der Waals surface area contributed by atoms with Crippen molar-refractivity contribution in [2.75, 3.05) is 13.2 Å². The van der Waals surface area contributed by atoms with Crippen molar-refractivity contribution < 1.29 is 14.6 Å². The third-order valence-electron chi connectivity index (χ3n) is 2.76. The largest absolute Gasteiger partial charge is 0.489 e. The maximum absolute atomic E-state index is 11.6. The average molecular weight is 271 g/mol. The molecule has 0 saturated carbocycles. The highest BCUT2D eigenvalue weighted by atomic mass is 16.5. The van der Waals surface area contributed by atoms with Gasteiger partial charge in [-0.3, -0.25) is 4.79 Å². The van der Waals surface area contributed by atoms with Crippen LogP contribution in [0.15, 0.2) is 54.6 Å². The molecule has 0 fully saturated rings. The van der Waals surface area contributed by atoms with E-state index in [4.69, 9.17) is 9.84 Å². The second-order valence-corrected chi connectivity index (χ2v) is 4.28. The van der Waals surface area contributed by atoms with E-state index in [1.807, 2.05) is 42.5 Å². The molecule has 1 amide bonds.